The molecule has 27 heavy (non-hydrogen) atoms. The number of aryl methyl sites for hydroxylation is 1. The Kier molecular flexibility index (Phi) is 4.00. The molecular weight excluding hydrogens is 398 g/mol. The largest absolute Gasteiger partial charge is 0.340 e. The molecule has 5 aromatic rings. The van der Waals surface area contributed by atoms with Crippen molar-refractivity contribution >= 4 is 66.9 Å². The molecular formula is C19H12ClN5S2. The summed E-state index contributed by atoms with van der Waals surface area (Å²) in [5, 5.41) is 7.81. The molecule has 0 saturated carbocycles. The van der Waals surface area contributed by atoms with Crippen LogP contribution in [-0.4, -0.2) is 19.9 Å². The molecule has 3 heterocycles. The van der Waals surface area contributed by atoms with E-state index in [1.165, 1.54) is 6.33 Å². The van der Waals surface area contributed by atoms with Crippen molar-refractivity contribution < 1.29 is 0 Å². The number of benzene rings is 2. The third-order valence-corrected chi connectivity index (χ3v) is 6.28. The molecule has 0 aliphatic carbocycles. The zero-order valence-corrected chi connectivity index (χ0v) is 16.5. The lowest BCUT2D eigenvalue weighted by atomic mass is 10.1. The molecule has 1 N–H and O–H groups in total. The molecule has 5 rings (SSSR count). The summed E-state index contributed by atoms with van der Waals surface area (Å²) >= 11 is 9.69. The fourth-order valence-electron chi connectivity index (χ4n) is 2.89. The van der Waals surface area contributed by atoms with Gasteiger partial charge in [-0.2, -0.15) is 0 Å². The lowest BCUT2D eigenvalue weighted by Crippen LogP contribution is -1.96. The first-order valence-electron chi connectivity index (χ1n) is 8.14. The summed E-state index contributed by atoms with van der Waals surface area (Å²) in [6.07, 6.45) is 1.54. The summed E-state index contributed by atoms with van der Waals surface area (Å²) in [5.74, 6) is 0.723. The van der Waals surface area contributed by atoms with Gasteiger partial charge in [0, 0.05) is 27.7 Å². The number of hydrogen-bond donors (Lipinski definition) is 1. The van der Waals surface area contributed by atoms with Crippen LogP contribution in [0, 0.1) is 6.92 Å². The minimum absolute atomic E-state index is 0.630. The van der Waals surface area contributed by atoms with Crippen LogP contribution in [0.4, 0.5) is 11.5 Å². The predicted molar refractivity (Wildman–Crippen MR) is 113 cm³/mol. The third kappa shape index (κ3) is 3.03. The van der Waals surface area contributed by atoms with Crippen LogP contribution in [0.25, 0.3) is 31.7 Å². The van der Waals surface area contributed by atoms with Crippen LogP contribution in [0.1, 0.15) is 5.69 Å². The maximum Gasteiger partial charge on any atom is 0.141 e. The number of halogens is 1. The van der Waals surface area contributed by atoms with Gasteiger partial charge in [0.25, 0.3) is 0 Å². The lowest BCUT2D eigenvalue weighted by molar-refractivity contribution is 1.22. The highest BCUT2D eigenvalue weighted by molar-refractivity contribution is 7.16. The van der Waals surface area contributed by atoms with E-state index in [1.54, 1.807) is 22.7 Å². The van der Waals surface area contributed by atoms with Crippen LogP contribution in [0.3, 0.4) is 0 Å². The Labute approximate surface area is 167 Å². The molecule has 0 amide bonds. The van der Waals surface area contributed by atoms with Gasteiger partial charge >= 0.3 is 0 Å². The number of thiazole rings is 2. The molecule has 0 bridgehead atoms. The van der Waals surface area contributed by atoms with Gasteiger partial charge in [0.2, 0.25) is 0 Å². The van der Waals surface area contributed by atoms with Crippen LogP contribution >= 0.6 is 34.3 Å². The molecule has 0 unspecified atom stereocenters. The van der Waals surface area contributed by atoms with Crippen molar-refractivity contribution in [1.29, 1.82) is 0 Å². The SMILES string of the molecule is Cc1csc(-c2cc3c(Nc4ccc5scnc5c4)ncnc3cc2Cl)n1. The maximum absolute atomic E-state index is 6.49. The molecule has 0 spiro atoms. The van der Waals surface area contributed by atoms with Crippen LogP contribution in [-0.2, 0) is 0 Å². The molecule has 5 nitrogen and oxygen atoms in total. The topological polar surface area (TPSA) is 63.6 Å². The average Bonchev–Trinajstić information content (AvgIpc) is 3.30. The van der Waals surface area contributed by atoms with Gasteiger partial charge in [-0.25, -0.2) is 19.9 Å². The van der Waals surface area contributed by atoms with Crippen molar-refractivity contribution in [3.63, 3.8) is 0 Å². The number of fused-ring (bicyclic) bond motifs is 2. The molecule has 0 radical (unpaired) electrons. The standard InChI is InChI=1S/C19H12ClN5S2/c1-10-7-26-19(24-10)12-5-13-15(6-14(12)20)21-8-22-18(13)25-11-2-3-17-16(4-11)23-9-27-17/h2-9H,1H3,(H,21,22,25). The molecule has 8 heteroatoms. The molecule has 0 fully saturated rings. The van der Waals surface area contributed by atoms with Crippen molar-refractivity contribution in [1.82, 2.24) is 19.9 Å². The molecule has 3 aromatic heterocycles. The Morgan fingerprint density at radius 1 is 1.00 bits per heavy atom. The van der Waals surface area contributed by atoms with E-state index in [1.807, 2.05) is 42.1 Å². The number of rotatable bonds is 3. The Bertz CT molecular complexity index is 1290. The first-order chi connectivity index (χ1) is 13.2. The van der Waals surface area contributed by atoms with Gasteiger partial charge in [-0.3, -0.25) is 0 Å². The van der Waals surface area contributed by atoms with Crippen LogP contribution < -0.4 is 5.32 Å². The van der Waals surface area contributed by atoms with E-state index in [0.29, 0.717) is 5.02 Å². The van der Waals surface area contributed by atoms with Gasteiger partial charge in [0.15, 0.2) is 0 Å². The highest BCUT2D eigenvalue weighted by atomic mass is 35.5. The second kappa shape index (κ2) is 6.53. The molecule has 0 aliphatic rings. The quantitative estimate of drug-likeness (QED) is 0.392. The number of nitrogens with one attached hydrogen (secondary N) is 1. The summed E-state index contributed by atoms with van der Waals surface area (Å²) in [6.45, 7) is 1.97. The molecule has 2 aromatic carbocycles. The van der Waals surface area contributed by atoms with Gasteiger partial charge in [-0.15, -0.1) is 22.7 Å². The highest BCUT2D eigenvalue weighted by Gasteiger charge is 2.13. The summed E-state index contributed by atoms with van der Waals surface area (Å²) in [5.41, 5.74) is 6.38. The summed E-state index contributed by atoms with van der Waals surface area (Å²) < 4.78 is 1.15. The van der Waals surface area contributed by atoms with E-state index in [-0.39, 0.29) is 0 Å². The van der Waals surface area contributed by atoms with Gasteiger partial charge in [-0.1, -0.05) is 11.6 Å². The van der Waals surface area contributed by atoms with E-state index < -0.39 is 0 Å². The summed E-state index contributed by atoms with van der Waals surface area (Å²) in [6, 6.07) is 9.95. The monoisotopic (exact) mass is 409 g/mol. The van der Waals surface area contributed by atoms with Crippen molar-refractivity contribution in [2.24, 2.45) is 0 Å². The van der Waals surface area contributed by atoms with E-state index >= 15 is 0 Å². The molecule has 0 saturated heterocycles. The normalized spacial score (nSPS) is 11.3. The van der Waals surface area contributed by atoms with Crippen molar-refractivity contribution in [2.75, 3.05) is 5.32 Å². The Morgan fingerprint density at radius 3 is 2.78 bits per heavy atom. The summed E-state index contributed by atoms with van der Waals surface area (Å²) in [4.78, 5) is 17.7. The fraction of sp³-hybridized carbons (Fsp3) is 0.0526. The number of nitrogens with zero attached hydrogens (tertiary/aromatic N) is 4. The maximum atomic E-state index is 6.49. The first kappa shape index (κ1) is 16.6. The zero-order chi connectivity index (χ0) is 18.4. The van der Waals surface area contributed by atoms with Gasteiger partial charge in [0.1, 0.15) is 17.2 Å². The second-order valence-corrected chi connectivity index (χ2v) is 8.18. The van der Waals surface area contributed by atoms with Crippen molar-refractivity contribution in [2.45, 2.75) is 6.92 Å². The van der Waals surface area contributed by atoms with Crippen molar-refractivity contribution in [3.8, 4) is 10.6 Å². The number of aromatic nitrogens is 4. The van der Waals surface area contributed by atoms with Gasteiger partial charge < -0.3 is 5.32 Å². The van der Waals surface area contributed by atoms with E-state index in [0.717, 1.165) is 48.9 Å². The Morgan fingerprint density at radius 2 is 1.93 bits per heavy atom. The zero-order valence-electron chi connectivity index (χ0n) is 14.1. The third-order valence-electron chi connectivity index (χ3n) is 4.17. The van der Waals surface area contributed by atoms with Gasteiger partial charge in [0.05, 0.1) is 26.3 Å². The van der Waals surface area contributed by atoms with Gasteiger partial charge in [-0.05, 0) is 37.3 Å². The van der Waals surface area contributed by atoms with Crippen LogP contribution in [0.15, 0.2) is 47.5 Å². The minimum atomic E-state index is 0.630. The van der Waals surface area contributed by atoms with E-state index in [4.69, 9.17) is 11.6 Å². The highest BCUT2D eigenvalue weighted by Crippen LogP contribution is 2.36. The second-order valence-electron chi connectivity index (χ2n) is 6.03. The fourth-order valence-corrected chi connectivity index (χ4v) is 4.68. The summed E-state index contributed by atoms with van der Waals surface area (Å²) in [7, 11) is 0. The first-order valence-corrected chi connectivity index (χ1v) is 10.3. The molecule has 132 valence electrons. The van der Waals surface area contributed by atoms with Crippen molar-refractivity contribution in [3.05, 3.63) is 58.3 Å². The van der Waals surface area contributed by atoms with Crippen LogP contribution in [0.2, 0.25) is 5.02 Å². The number of anilines is 2. The van der Waals surface area contributed by atoms with E-state index in [9.17, 15) is 0 Å². The van der Waals surface area contributed by atoms with Crippen LogP contribution in [0.5, 0.6) is 0 Å². The number of hydrogen-bond acceptors (Lipinski definition) is 7. The smallest absolute Gasteiger partial charge is 0.141 e. The van der Waals surface area contributed by atoms with E-state index in [2.05, 4.69) is 31.3 Å². The Hall–Kier alpha value is -2.61. The molecule has 0 atom stereocenters. The molecule has 0 aliphatic heterocycles. The lowest BCUT2D eigenvalue weighted by Gasteiger charge is -2.10. The Balaban J connectivity index is 1.63. The predicted octanol–water partition coefficient (Wildman–Crippen LogP) is 6.07. The minimum Gasteiger partial charge on any atom is -0.340 e. The average molecular weight is 410 g/mol.